The minimum absolute atomic E-state index is 0.620. The van der Waals surface area contributed by atoms with E-state index in [1.165, 1.54) is 29.4 Å². The maximum atomic E-state index is 5.93. The molecule has 0 aliphatic heterocycles. The Morgan fingerprint density at radius 3 is 2.92 bits per heavy atom. The van der Waals surface area contributed by atoms with Crippen molar-refractivity contribution in [3.05, 3.63) is 41.4 Å². The predicted octanol–water partition coefficient (Wildman–Crippen LogP) is 3.76. The second kappa shape index (κ2) is 6.34. The van der Waals surface area contributed by atoms with E-state index in [-0.39, 0.29) is 0 Å². The smallest absolute Gasteiger partial charge is 0.195 e. The van der Waals surface area contributed by atoms with Crippen molar-refractivity contribution >= 4 is 56.6 Å². The molecule has 10 heteroatoms. The molecule has 1 aromatic carbocycles. The minimum Gasteiger partial charge on any atom is -0.316 e. The zero-order valence-corrected chi connectivity index (χ0v) is 14.7. The highest BCUT2D eigenvalue weighted by molar-refractivity contribution is 7.99. The fourth-order valence-electron chi connectivity index (χ4n) is 2.08. The molecule has 3 heterocycles. The zero-order chi connectivity index (χ0) is 16.5. The van der Waals surface area contributed by atoms with E-state index in [1.807, 2.05) is 29.8 Å². The van der Waals surface area contributed by atoms with Crippen LogP contribution in [0.4, 0.5) is 10.9 Å². The van der Waals surface area contributed by atoms with E-state index in [0.717, 1.165) is 21.0 Å². The summed E-state index contributed by atoms with van der Waals surface area (Å²) in [5.74, 6) is 0.687. The molecule has 0 fully saturated rings. The molecular weight excluding hydrogens is 366 g/mol. The molecule has 0 atom stereocenters. The first kappa shape index (κ1) is 15.3. The van der Waals surface area contributed by atoms with Gasteiger partial charge in [-0.05, 0) is 30.0 Å². The summed E-state index contributed by atoms with van der Waals surface area (Å²) >= 11 is 8.81. The summed E-state index contributed by atoms with van der Waals surface area (Å²) in [4.78, 5) is 13.9. The van der Waals surface area contributed by atoms with Gasteiger partial charge in [-0.1, -0.05) is 22.9 Å². The van der Waals surface area contributed by atoms with Gasteiger partial charge in [-0.15, -0.1) is 10.2 Å². The molecule has 24 heavy (non-hydrogen) atoms. The normalized spacial score (nSPS) is 11.1. The van der Waals surface area contributed by atoms with Gasteiger partial charge < -0.3 is 9.88 Å². The fraction of sp³-hybridized carbons (Fsp3) is 0.0714. The molecule has 4 aromatic rings. The Hall–Kier alpha value is -2.23. The number of hydrogen-bond acceptors (Lipinski definition) is 8. The third-order valence-corrected chi connectivity index (χ3v) is 5.26. The van der Waals surface area contributed by atoms with Crippen LogP contribution in [0, 0.1) is 0 Å². The Kier molecular flexibility index (Phi) is 4.05. The third-order valence-electron chi connectivity index (χ3n) is 3.19. The summed E-state index contributed by atoms with van der Waals surface area (Å²) in [5, 5.41) is 13.6. The molecule has 1 N–H and O–H groups in total. The van der Waals surface area contributed by atoms with E-state index in [2.05, 4.69) is 30.5 Å². The summed E-state index contributed by atoms with van der Waals surface area (Å²) in [7, 11) is 1.91. The molecule has 0 radical (unpaired) electrons. The maximum Gasteiger partial charge on any atom is 0.195 e. The van der Waals surface area contributed by atoms with Crippen LogP contribution in [0.3, 0.4) is 0 Å². The minimum atomic E-state index is 0.620. The number of anilines is 2. The summed E-state index contributed by atoms with van der Waals surface area (Å²) in [6.45, 7) is 0. The highest BCUT2D eigenvalue weighted by atomic mass is 35.5. The SMILES string of the molecule is Cn1cnnc1Sc1ccc2ncnc(Nc3ncc(Cl)s3)c2c1. The van der Waals surface area contributed by atoms with Crippen LogP contribution in [-0.2, 0) is 7.05 Å². The monoisotopic (exact) mass is 375 g/mol. The Balaban J connectivity index is 1.71. The van der Waals surface area contributed by atoms with Crippen LogP contribution in [-0.4, -0.2) is 29.7 Å². The number of aromatic nitrogens is 6. The topological polar surface area (TPSA) is 81.4 Å². The quantitative estimate of drug-likeness (QED) is 0.581. The van der Waals surface area contributed by atoms with E-state index in [0.29, 0.717) is 15.3 Å². The summed E-state index contributed by atoms with van der Waals surface area (Å²) in [6, 6.07) is 5.97. The number of thiazole rings is 1. The van der Waals surface area contributed by atoms with Crippen LogP contribution in [0.2, 0.25) is 4.34 Å². The second-order valence-corrected chi connectivity index (χ2v) is 7.52. The highest BCUT2D eigenvalue weighted by Crippen LogP contribution is 2.32. The standard InChI is InChI=1S/C14H10ClN7S2/c1-22-7-19-21-14(22)23-8-2-3-10-9(4-8)12(18-6-17-10)20-13-16-5-11(15)24-13/h2-7H,1H3,(H,16,17,18,20). The molecule has 0 aliphatic carbocycles. The molecule has 0 saturated carbocycles. The number of hydrogen-bond donors (Lipinski definition) is 1. The molecule has 0 saturated heterocycles. The van der Waals surface area contributed by atoms with Crippen LogP contribution in [0.25, 0.3) is 10.9 Å². The number of fused-ring (bicyclic) bond motifs is 1. The molecular formula is C14H10ClN7S2. The van der Waals surface area contributed by atoms with E-state index >= 15 is 0 Å². The van der Waals surface area contributed by atoms with Crippen molar-refractivity contribution in [2.24, 2.45) is 7.05 Å². The number of aryl methyl sites for hydroxylation is 1. The lowest BCUT2D eigenvalue weighted by molar-refractivity contribution is 0.788. The van der Waals surface area contributed by atoms with Crippen molar-refractivity contribution in [1.82, 2.24) is 29.7 Å². The van der Waals surface area contributed by atoms with Crippen LogP contribution >= 0.6 is 34.7 Å². The summed E-state index contributed by atoms with van der Waals surface area (Å²) in [5.41, 5.74) is 0.845. The van der Waals surface area contributed by atoms with Gasteiger partial charge in [0.15, 0.2) is 10.3 Å². The maximum absolute atomic E-state index is 5.93. The first-order valence-electron chi connectivity index (χ1n) is 6.84. The number of halogens is 1. The Morgan fingerprint density at radius 2 is 2.17 bits per heavy atom. The molecule has 0 spiro atoms. The van der Waals surface area contributed by atoms with Crippen molar-refractivity contribution in [3.8, 4) is 0 Å². The zero-order valence-electron chi connectivity index (χ0n) is 12.3. The average molecular weight is 376 g/mol. The molecule has 0 bridgehead atoms. The molecule has 0 unspecified atom stereocenters. The van der Waals surface area contributed by atoms with Crippen molar-refractivity contribution < 1.29 is 0 Å². The van der Waals surface area contributed by atoms with Gasteiger partial charge in [0.2, 0.25) is 0 Å². The van der Waals surface area contributed by atoms with E-state index < -0.39 is 0 Å². The Labute approximate surface area is 150 Å². The van der Waals surface area contributed by atoms with Crippen molar-refractivity contribution in [3.63, 3.8) is 0 Å². The van der Waals surface area contributed by atoms with E-state index in [4.69, 9.17) is 11.6 Å². The van der Waals surface area contributed by atoms with E-state index in [9.17, 15) is 0 Å². The predicted molar refractivity (Wildman–Crippen MR) is 95.1 cm³/mol. The number of nitrogens with one attached hydrogen (secondary N) is 1. The van der Waals surface area contributed by atoms with Gasteiger partial charge in [-0.25, -0.2) is 15.0 Å². The molecule has 7 nitrogen and oxygen atoms in total. The van der Waals surface area contributed by atoms with Crippen molar-refractivity contribution in [1.29, 1.82) is 0 Å². The first-order valence-corrected chi connectivity index (χ1v) is 8.85. The van der Waals surface area contributed by atoms with Crippen molar-refractivity contribution in [2.45, 2.75) is 10.1 Å². The largest absolute Gasteiger partial charge is 0.316 e. The molecule has 120 valence electrons. The molecule has 0 amide bonds. The van der Waals surface area contributed by atoms with Crippen LogP contribution in [0.1, 0.15) is 0 Å². The van der Waals surface area contributed by atoms with E-state index in [1.54, 1.807) is 12.5 Å². The second-order valence-electron chi connectivity index (χ2n) is 4.82. The van der Waals surface area contributed by atoms with Crippen LogP contribution in [0.15, 0.2) is 47.1 Å². The Bertz CT molecular complexity index is 1010. The van der Waals surface area contributed by atoms with Crippen molar-refractivity contribution in [2.75, 3.05) is 5.32 Å². The van der Waals surface area contributed by atoms with Gasteiger partial charge in [0.25, 0.3) is 0 Å². The Morgan fingerprint density at radius 1 is 1.25 bits per heavy atom. The highest BCUT2D eigenvalue weighted by Gasteiger charge is 2.10. The number of benzene rings is 1. The van der Waals surface area contributed by atoms with Gasteiger partial charge in [0.05, 0.1) is 11.7 Å². The van der Waals surface area contributed by atoms with Crippen LogP contribution in [0.5, 0.6) is 0 Å². The number of nitrogens with zero attached hydrogens (tertiary/aromatic N) is 6. The molecule has 3 aromatic heterocycles. The summed E-state index contributed by atoms with van der Waals surface area (Å²) < 4.78 is 2.49. The first-order chi connectivity index (χ1) is 11.7. The fourth-order valence-corrected chi connectivity index (χ4v) is 3.70. The molecule has 0 aliphatic rings. The van der Waals surface area contributed by atoms with Gasteiger partial charge in [-0.3, -0.25) is 0 Å². The average Bonchev–Trinajstić information content (AvgIpc) is 3.17. The lowest BCUT2D eigenvalue weighted by Crippen LogP contribution is -1.95. The third kappa shape index (κ3) is 3.05. The van der Waals surface area contributed by atoms with Gasteiger partial charge in [-0.2, -0.15) is 0 Å². The van der Waals surface area contributed by atoms with Gasteiger partial charge >= 0.3 is 0 Å². The van der Waals surface area contributed by atoms with Gasteiger partial charge in [0.1, 0.15) is 22.8 Å². The lowest BCUT2D eigenvalue weighted by Gasteiger charge is -2.07. The van der Waals surface area contributed by atoms with Gasteiger partial charge in [0, 0.05) is 17.3 Å². The lowest BCUT2D eigenvalue weighted by atomic mass is 10.2. The summed E-state index contributed by atoms with van der Waals surface area (Å²) in [6.07, 6.45) is 4.80. The van der Waals surface area contributed by atoms with Crippen LogP contribution < -0.4 is 5.32 Å². The molecule has 4 rings (SSSR count). The number of rotatable bonds is 4.